The van der Waals surface area contributed by atoms with Crippen molar-refractivity contribution in [2.75, 3.05) is 12.2 Å². The van der Waals surface area contributed by atoms with Gasteiger partial charge in [0.1, 0.15) is 11.0 Å². The fourth-order valence-electron chi connectivity index (χ4n) is 2.91. The van der Waals surface area contributed by atoms with Crippen LogP contribution >= 0.6 is 35.0 Å². The van der Waals surface area contributed by atoms with Crippen LogP contribution in [0.1, 0.15) is 16.1 Å². The van der Waals surface area contributed by atoms with E-state index in [2.05, 4.69) is 15.3 Å². The summed E-state index contributed by atoms with van der Waals surface area (Å²) in [5.74, 6) is -0.0857. The van der Waals surface area contributed by atoms with Crippen LogP contribution < -0.4 is 0 Å². The smallest absolute Gasteiger partial charge is 0.361 e. The lowest BCUT2D eigenvalue weighted by molar-refractivity contribution is 0.0572. The normalized spacial score (nSPS) is 11.0. The minimum Gasteiger partial charge on any atom is -0.450 e. The number of hydrogen-bond acceptors (Lipinski definition) is 7. The number of carbonyl (C=O) groups is 1. The van der Waals surface area contributed by atoms with Gasteiger partial charge in [-0.1, -0.05) is 53.0 Å². The quantitative estimate of drug-likeness (QED) is 0.262. The van der Waals surface area contributed by atoms with Crippen molar-refractivity contribution in [2.24, 2.45) is 0 Å². The first kappa shape index (κ1) is 21.4. The molecule has 10 heteroatoms. The molecule has 0 aliphatic rings. The second-order valence-electron chi connectivity index (χ2n) is 6.49. The Morgan fingerprint density at radius 3 is 2.65 bits per heavy atom. The zero-order chi connectivity index (χ0) is 22.0. The lowest BCUT2D eigenvalue weighted by Crippen LogP contribution is -2.07. The van der Waals surface area contributed by atoms with E-state index in [4.69, 9.17) is 32.4 Å². The number of para-hydroxylation sites is 1. The molecule has 0 unspecified atom stereocenters. The van der Waals surface area contributed by atoms with Gasteiger partial charge < -0.3 is 9.15 Å². The number of thioether (sulfide) groups is 1. The molecule has 0 saturated heterocycles. The molecular weight excluding hydrogens is 459 g/mol. The minimum atomic E-state index is -0.662. The summed E-state index contributed by atoms with van der Waals surface area (Å²) in [6, 6.07) is 14.7. The molecule has 0 atom stereocenters. The second-order valence-corrected chi connectivity index (χ2v) is 8.09. The maximum Gasteiger partial charge on any atom is 0.361 e. The molecule has 2 aromatic heterocycles. The molecular formula is C21H16Cl2N4O3S. The highest BCUT2D eigenvalue weighted by molar-refractivity contribution is 7.98. The van der Waals surface area contributed by atoms with E-state index in [1.165, 1.54) is 16.4 Å². The summed E-state index contributed by atoms with van der Waals surface area (Å²) < 4.78 is 12.5. The summed E-state index contributed by atoms with van der Waals surface area (Å²) >= 11 is 14.3. The molecule has 0 aliphatic heterocycles. The molecule has 0 amide bonds. The van der Waals surface area contributed by atoms with Gasteiger partial charge in [-0.15, -0.1) is 22.0 Å². The number of nitrogens with zero attached hydrogens (tertiary/aromatic N) is 4. The lowest BCUT2D eigenvalue weighted by Gasteiger charge is -2.06. The highest BCUT2D eigenvalue weighted by Crippen LogP contribution is 2.35. The van der Waals surface area contributed by atoms with Crippen LogP contribution in [0, 0.1) is 6.92 Å². The number of benzene rings is 2. The average molecular weight is 475 g/mol. The highest BCUT2D eigenvalue weighted by atomic mass is 35.5. The molecule has 0 aliphatic carbocycles. The molecule has 158 valence electrons. The van der Waals surface area contributed by atoms with E-state index in [0.717, 1.165) is 11.1 Å². The summed E-state index contributed by atoms with van der Waals surface area (Å²) in [5.41, 5.74) is 2.49. The Morgan fingerprint density at radius 2 is 1.90 bits per heavy atom. The van der Waals surface area contributed by atoms with Crippen molar-refractivity contribution in [3.05, 3.63) is 69.8 Å². The van der Waals surface area contributed by atoms with Gasteiger partial charge in [0.25, 0.3) is 5.89 Å². The maximum absolute atomic E-state index is 12.5. The zero-order valence-electron chi connectivity index (χ0n) is 16.5. The third-order valence-electron chi connectivity index (χ3n) is 4.30. The van der Waals surface area contributed by atoms with Crippen LogP contribution in [-0.2, 0) is 4.74 Å². The van der Waals surface area contributed by atoms with E-state index in [1.54, 1.807) is 24.3 Å². The van der Waals surface area contributed by atoms with Gasteiger partial charge in [0.05, 0.1) is 10.7 Å². The molecule has 7 nitrogen and oxygen atoms in total. The van der Waals surface area contributed by atoms with E-state index in [-0.39, 0.29) is 28.2 Å². The van der Waals surface area contributed by atoms with Gasteiger partial charge in [0.2, 0.25) is 5.89 Å². The van der Waals surface area contributed by atoms with Crippen LogP contribution in [0.25, 0.3) is 28.7 Å². The summed E-state index contributed by atoms with van der Waals surface area (Å²) in [6.07, 6.45) is 1.81. The number of halogens is 2. The first-order valence-corrected chi connectivity index (χ1v) is 11.2. The standard InChI is InChI=1S/C21H16Cl2N4O3S/c1-12-6-5-7-13(10-12)19-24-25-20(30-19)18-16(23)17(21(28)29-11-31-2)26-27(18)15-9-4-3-8-14(15)22/h3-10H,11H2,1-2H3. The highest BCUT2D eigenvalue weighted by Gasteiger charge is 2.29. The van der Waals surface area contributed by atoms with Crippen LogP contribution in [0.2, 0.25) is 10.0 Å². The summed E-state index contributed by atoms with van der Waals surface area (Å²) in [5, 5.41) is 13.1. The Morgan fingerprint density at radius 1 is 1.13 bits per heavy atom. The lowest BCUT2D eigenvalue weighted by atomic mass is 10.1. The minimum absolute atomic E-state index is 0.0328. The van der Waals surface area contributed by atoms with Crippen LogP contribution in [0.5, 0.6) is 0 Å². The Kier molecular flexibility index (Phi) is 6.31. The second kappa shape index (κ2) is 9.13. The van der Waals surface area contributed by atoms with Crippen LogP contribution in [-0.4, -0.2) is 38.1 Å². The zero-order valence-corrected chi connectivity index (χ0v) is 18.8. The van der Waals surface area contributed by atoms with Gasteiger partial charge in [-0.3, -0.25) is 0 Å². The molecule has 2 heterocycles. The summed E-state index contributed by atoms with van der Waals surface area (Å²) in [7, 11) is 0. The monoisotopic (exact) mass is 474 g/mol. The van der Waals surface area contributed by atoms with Crippen molar-refractivity contribution in [1.82, 2.24) is 20.0 Å². The molecule has 0 spiro atoms. The van der Waals surface area contributed by atoms with E-state index >= 15 is 0 Å². The number of aromatic nitrogens is 4. The molecule has 2 aromatic carbocycles. The Hall–Kier alpha value is -2.81. The average Bonchev–Trinajstić information content (AvgIpc) is 3.37. The molecule has 0 N–H and O–H groups in total. The number of rotatable bonds is 6. The van der Waals surface area contributed by atoms with Crippen molar-refractivity contribution in [3.63, 3.8) is 0 Å². The van der Waals surface area contributed by atoms with Gasteiger partial charge in [0, 0.05) is 5.56 Å². The van der Waals surface area contributed by atoms with Gasteiger partial charge in [0.15, 0.2) is 11.4 Å². The van der Waals surface area contributed by atoms with E-state index < -0.39 is 5.97 Å². The van der Waals surface area contributed by atoms with E-state index in [0.29, 0.717) is 16.6 Å². The van der Waals surface area contributed by atoms with Crippen molar-refractivity contribution < 1.29 is 13.9 Å². The third-order valence-corrected chi connectivity index (χ3v) is 5.33. The molecule has 0 saturated carbocycles. The van der Waals surface area contributed by atoms with Crippen LogP contribution in [0.4, 0.5) is 0 Å². The SMILES string of the molecule is CSCOC(=O)c1nn(-c2ccccc2Cl)c(-c2nnc(-c3cccc(C)c3)o2)c1Cl. The largest absolute Gasteiger partial charge is 0.450 e. The summed E-state index contributed by atoms with van der Waals surface area (Å²) in [4.78, 5) is 12.5. The predicted octanol–water partition coefficient (Wildman–Crippen LogP) is 5.68. The van der Waals surface area contributed by atoms with Gasteiger partial charge in [-0.25, -0.2) is 9.48 Å². The maximum atomic E-state index is 12.5. The van der Waals surface area contributed by atoms with E-state index in [9.17, 15) is 4.79 Å². The Balaban J connectivity index is 1.86. The van der Waals surface area contributed by atoms with Gasteiger partial charge in [-0.05, 0) is 37.4 Å². The number of ether oxygens (including phenoxy) is 1. The first-order chi connectivity index (χ1) is 15.0. The third kappa shape index (κ3) is 4.32. The Bertz CT molecular complexity index is 1260. The van der Waals surface area contributed by atoms with Crippen molar-refractivity contribution in [1.29, 1.82) is 0 Å². The first-order valence-electron chi connectivity index (χ1n) is 9.10. The van der Waals surface area contributed by atoms with Gasteiger partial charge >= 0.3 is 5.97 Å². The fourth-order valence-corrected chi connectivity index (χ4v) is 3.62. The van der Waals surface area contributed by atoms with Crippen LogP contribution in [0.3, 0.4) is 0 Å². The molecule has 31 heavy (non-hydrogen) atoms. The fraction of sp³-hybridized carbons (Fsp3) is 0.143. The molecule has 0 radical (unpaired) electrons. The predicted molar refractivity (Wildman–Crippen MR) is 121 cm³/mol. The number of aryl methyl sites for hydroxylation is 1. The van der Waals surface area contributed by atoms with E-state index in [1.807, 2.05) is 37.4 Å². The molecule has 4 aromatic rings. The van der Waals surface area contributed by atoms with Crippen molar-refractivity contribution >= 4 is 40.9 Å². The van der Waals surface area contributed by atoms with Crippen molar-refractivity contribution in [2.45, 2.75) is 6.92 Å². The summed E-state index contributed by atoms with van der Waals surface area (Å²) in [6.45, 7) is 1.97. The number of hydrogen-bond donors (Lipinski definition) is 0. The Labute approximate surface area is 192 Å². The van der Waals surface area contributed by atoms with Crippen LogP contribution in [0.15, 0.2) is 52.9 Å². The topological polar surface area (TPSA) is 83.0 Å². The molecule has 4 rings (SSSR count). The molecule has 0 bridgehead atoms. The van der Waals surface area contributed by atoms with Crippen molar-refractivity contribution in [3.8, 4) is 28.7 Å². The number of carbonyl (C=O) groups excluding carboxylic acids is 1. The number of esters is 1. The van der Waals surface area contributed by atoms with Gasteiger partial charge in [-0.2, -0.15) is 5.10 Å². The molecule has 0 fully saturated rings.